The molecule has 0 bridgehead atoms. The molecule has 1 aromatic heterocycles. The Balaban J connectivity index is 2.15. The van der Waals surface area contributed by atoms with Crippen LogP contribution >= 0.6 is 11.6 Å². The van der Waals surface area contributed by atoms with Gasteiger partial charge in [0, 0.05) is 10.9 Å². The molecule has 0 aliphatic rings. The Hall–Kier alpha value is -1.42. The summed E-state index contributed by atoms with van der Waals surface area (Å²) in [5.41, 5.74) is 2.28. The summed E-state index contributed by atoms with van der Waals surface area (Å²) in [6, 6.07) is 6.08. The van der Waals surface area contributed by atoms with E-state index in [1.165, 1.54) is 5.56 Å². The number of hydrogen-bond acceptors (Lipinski definition) is 3. The molecule has 1 atom stereocenters. The number of aryl methyl sites for hydroxylation is 1. The molecule has 84 valence electrons. The van der Waals surface area contributed by atoms with E-state index in [-0.39, 0.29) is 5.92 Å². The Morgan fingerprint density at radius 2 is 2.25 bits per heavy atom. The third-order valence-corrected chi connectivity index (χ3v) is 2.89. The average molecular weight is 237 g/mol. The molecular formula is C11H13ClN4. The van der Waals surface area contributed by atoms with E-state index in [4.69, 9.17) is 11.6 Å². The van der Waals surface area contributed by atoms with Crippen molar-refractivity contribution >= 4 is 11.6 Å². The minimum Gasteiger partial charge on any atom is -0.177 e. The first kappa shape index (κ1) is 11.1. The van der Waals surface area contributed by atoms with Gasteiger partial charge in [0.1, 0.15) is 0 Å². The number of hydrogen-bond donors (Lipinski definition) is 1. The van der Waals surface area contributed by atoms with Gasteiger partial charge >= 0.3 is 0 Å². The van der Waals surface area contributed by atoms with Crippen molar-refractivity contribution in [2.75, 3.05) is 0 Å². The second-order valence-electron chi connectivity index (χ2n) is 3.97. The van der Waals surface area contributed by atoms with Gasteiger partial charge < -0.3 is 0 Å². The number of halogens is 1. The minimum atomic E-state index is 0.207. The summed E-state index contributed by atoms with van der Waals surface area (Å²) < 4.78 is 0. The highest BCUT2D eigenvalue weighted by molar-refractivity contribution is 6.31. The van der Waals surface area contributed by atoms with Crippen molar-refractivity contribution in [2.24, 2.45) is 0 Å². The number of rotatable bonds is 3. The maximum absolute atomic E-state index is 6.17. The lowest BCUT2D eigenvalue weighted by Crippen LogP contribution is -2.01. The molecule has 16 heavy (non-hydrogen) atoms. The summed E-state index contributed by atoms with van der Waals surface area (Å²) in [7, 11) is 0. The standard InChI is InChI=1S/C11H13ClN4/c1-7-3-4-9(10(12)5-7)6-8(2)11-13-15-16-14-11/h3-5,8H,6H2,1-2H3,(H,13,14,15,16). The second kappa shape index (κ2) is 4.61. The fourth-order valence-corrected chi connectivity index (χ4v) is 1.93. The van der Waals surface area contributed by atoms with Gasteiger partial charge in [-0.1, -0.05) is 35.9 Å². The predicted molar refractivity (Wildman–Crippen MR) is 62.5 cm³/mol. The van der Waals surface area contributed by atoms with Crippen molar-refractivity contribution in [1.82, 2.24) is 20.6 Å². The Labute approximate surface area is 99.0 Å². The van der Waals surface area contributed by atoms with Crippen molar-refractivity contribution in [3.05, 3.63) is 40.2 Å². The summed E-state index contributed by atoms with van der Waals surface area (Å²) in [6.45, 7) is 4.08. The molecule has 2 rings (SSSR count). The number of nitrogens with one attached hydrogen (secondary N) is 1. The molecule has 0 fully saturated rings. The molecule has 0 aliphatic heterocycles. The van der Waals surface area contributed by atoms with E-state index >= 15 is 0 Å². The lowest BCUT2D eigenvalue weighted by Gasteiger charge is -2.09. The van der Waals surface area contributed by atoms with Crippen LogP contribution in [-0.2, 0) is 6.42 Å². The third-order valence-electron chi connectivity index (χ3n) is 2.54. The van der Waals surface area contributed by atoms with Crippen LogP contribution in [0, 0.1) is 6.92 Å². The predicted octanol–water partition coefficient (Wildman–Crippen LogP) is 2.51. The largest absolute Gasteiger partial charge is 0.177 e. The van der Waals surface area contributed by atoms with E-state index in [0.29, 0.717) is 0 Å². The van der Waals surface area contributed by atoms with Crippen LogP contribution in [0.2, 0.25) is 5.02 Å². The minimum absolute atomic E-state index is 0.207. The molecule has 0 spiro atoms. The average Bonchev–Trinajstić information content (AvgIpc) is 2.75. The Morgan fingerprint density at radius 1 is 1.44 bits per heavy atom. The maximum atomic E-state index is 6.17. The molecule has 0 saturated carbocycles. The molecule has 1 unspecified atom stereocenters. The van der Waals surface area contributed by atoms with Gasteiger partial charge in [0.2, 0.25) is 0 Å². The number of aromatic amines is 1. The Morgan fingerprint density at radius 3 is 2.88 bits per heavy atom. The van der Waals surface area contributed by atoms with Crippen molar-refractivity contribution in [3.8, 4) is 0 Å². The Bertz CT molecular complexity index is 467. The highest BCUT2D eigenvalue weighted by atomic mass is 35.5. The summed E-state index contributed by atoms with van der Waals surface area (Å²) in [4.78, 5) is 0. The first-order valence-electron chi connectivity index (χ1n) is 5.15. The van der Waals surface area contributed by atoms with Crippen molar-refractivity contribution < 1.29 is 0 Å². The summed E-state index contributed by atoms with van der Waals surface area (Å²) in [5, 5.41) is 14.7. The fourth-order valence-electron chi connectivity index (χ4n) is 1.62. The zero-order valence-electron chi connectivity index (χ0n) is 9.24. The van der Waals surface area contributed by atoms with Crippen molar-refractivity contribution in [2.45, 2.75) is 26.2 Å². The first-order chi connectivity index (χ1) is 7.66. The smallest absolute Gasteiger partial charge is 0.177 e. The normalized spacial score (nSPS) is 12.7. The van der Waals surface area contributed by atoms with Crippen LogP contribution in [0.15, 0.2) is 18.2 Å². The lowest BCUT2D eigenvalue weighted by atomic mass is 10.00. The number of aromatic nitrogens is 4. The molecular weight excluding hydrogens is 224 g/mol. The van der Waals surface area contributed by atoms with Crippen LogP contribution in [0.4, 0.5) is 0 Å². The molecule has 1 N–H and O–H groups in total. The molecule has 5 heteroatoms. The maximum Gasteiger partial charge on any atom is 0.177 e. The summed E-state index contributed by atoms with van der Waals surface area (Å²) >= 11 is 6.17. The van der Waals surface area contributed by atoms with E-state index < -0.39 is 0 Å². The van der Waals surface area contributed by atoms with E-state index in [0.717, 1.165) is 22.8 Å². The lowest BCUT2D eigenvalue weighted by molar-refractivity contribution is 0.700. The van der Waals surface area contributed by atoms with Gasteiger partial charge in [-0.2, -0.15) is 5.21 Å². The van der Waals surface area contributed by atoms with Gasteiger partial charge in [-0.15, -0.1) is 10.2 Å². The van der Waals surface area contributed by atoms with Crippen molar-refractivity contribution in [3.63, 3.8) is 0 Å². The van der Waals surface area contributed by atoms with E-state index in [9.17, 15) is 0 Å². The quantitative estimate of drug-likeness (QED) is 0.891. The van der Waals surface area contributed by atoms with Crippen LogP contribution in [-0.4, -0.2) is 20.6 Å². The number of benzene rings is 1. The summed E-state index contributed by atoms with van der Waals surface area (Å²) in [6.07, 6.45) is 0.818. The third kappa shape index (κ3) is 2.39. The van der Waals surface area contributed by atoms with Gasteiger partial charge in [0.05, 0.1) is 0 Å². The molecule has 1 heterocycles. The second-order valence-corrected chi connectivity index (χ2v) is 4.38. The number of tetrazole rings is 1. The Kier molecular flexibility index (Phi) is 3.19. The van der Waals surface area contributed by atoms with Gasteiger partial charge in [-0.05, 0) is 30.5 Å². The number of nitrogens with zero attached hydrogens (tertiary/aromatic N) is 3. The molecule has 0 amide bonds. The topological polar surface area (TPSA) is 54.5 Å². The highest BCUT2D eigenvalue weighted by Gasteiger charge is 2.12. The van der Waals surface area contributed by atoms with Crippen molar-refractivity contribution in [1.29, 1.82) is 0 Å². The van der Waals surface area contributed by atoms with Crippen LogP contribution in [0.3, 0.4) is 0 Å². The van der Waals surface area contributed by atoms with E-state index in [1.807, 2.05) is 19.1 Å². The van der Waals surface area contributed by atoms with Crippen LogP contribution in [0.1, 0.15) is 29.8 Å². The zero-order valence-corrected chi connectivity index (χ0v) is 9.99. The molecule has 0 radical (unpaired) electrons. The monoisotopic (exact) mass is 236 g/mol. The van der Waals surface area contributed by atoms with E-state index in [1.54, 1.807) is 0 Å². The highest BCUT2D eigenvalue weighted by Crippen LogP contribution is 2.23. The van der Waals surface area contributed by atoms with E-state index in [2.05, 4.69) is 33.6 Å². The van der Waals surface area contributed by atoms with Crippen LogP contribution < -0.4 is 0 Å². The molecule has 1 aromatic carbocycles. The summed E-state index contributed by atoms with van der Waals surface area (Å²) in [5.74, 6) is 0.926. The molecule has 2 aromatic rings. The van der Waals surface area contributed by atoms with Crippen LogP contribution in [0.5, 0.6) is 0 Å². The van der Waals surface area contributed by atoms with Gasteiger partial charge in [0.25, 0.3) is 0 Å². The molecule has 4 nitrogen and oxygen atoms in total. The van der Waals surface area contributed by atoms with Crippen LogP contribution in [0.25, 0.3) is 0 Å². The SMILES string of the molecule is Cc1ccc(CC(C)c2nn[nH]n2)c(Cl)c1. The fraction of sp³-hybridized carbons (Fsp3) is 0.364. The van der Waals surface area contributed by atoms with Gasteiger partial charge in [-0.25, -0.2) is 0 Å². The molecule has 0 aliphatic carbocycles. The number of H-pyrrole nitrogens is 1. The molecule has 0 saturated heterocycles. The zero-order chi connectivity index (χ0) is 11.5. The van der Waals surface area contributed by atoms with Gasteiger partial charge in [0.15, 0.2) is 5.82 Å². The first-order valence-corrected chi connectivity index (χ1v) is 5.53. The van der Waals surface area contributed by atoms with Gasteiger partial charge in [-0.3, -0.25) is 0 Å².